The third kappa shape index (κ3) is 7.83. The van der Waals surface area contributed by atoms with Crippen molar-refractivity contribution in [1.29, 1.82) is 0 Å². The number of carbonyl (C=O) groups excluding carboxylic acids is 2. The monoisotopic (exact) mass is 502 g/mol. The van der Waals surface area contributed by atoms with Gasteiger partial charge in [0, 0.05) is 54.9 Å². The van der Waals surface area contributed by atoms with Crippen molar-refractivity contribution >= 4 is 29.0 Å². The molecule has 0 saturated heterocycles. The number of hydroxylamine groups is 1. The molecular weight excluding hydrogens is 472 g/mol. The average molecular weight is 503 g/mol. The molecule has 0 aliphatic rings. The van der Waals surface area contributed by atoms with Gasteiger partial charge in [-0.15, -0.1) is 0 Å². The molecule has 0 aliphatic heterocycles. The summed E-state index contributed by atoms with van der Waals surface area (Å²) in [5.74, 6) is -0.582. The quantitative estimate of drug-likeness (QED) is 0.131. The predicted octanol–water partition coefficient (Wildman–Crippen LogP) is 4.25. The molecule has 0 unspecified atom stereocenters. The Balaban J connectivity index is 1.35. The topological polar surface area (TPSA) is 120 Å². The number of aromatic amines is 1. The van der Waals surface area contributed by atoms with E-state index >= 15 is 0 Å². The highest BCUT2D eigenvalue weighted by Gasteiger charge is 2.11. The first-order chi connectivity index (χ1) is 18.1. The van der Waals surface area contributed by atoms with Crippen LogP contribution in [0.15, 0.2) is 83.8 Å². The number of carbonyl (C=O) groups is 2. The first-order valence-corrected chi connectivity index (χ1v) is 12.0. The maximum Gasteiger partial charge on any atom is 0.407 e. The number of para-hydroxylation sites is 1. The number of rotatable bonds is 12. The van der Waals surface area contributed by atoms with Crippen LogP contribution >= 0.6 is 0 Å². The van der Waals surface area contributed by atoms with Gasteiger partial charge in [0.2, 0.25) is 0 Å². The normalized spacial score (nSPS) is 11.3. The van der Waals surface area contributed by atoms with Gasteiger partial charge in [0.15, 0.2) is 0 Å². The Labute approximate surface area is 214 Å². The fraction of sp³-hybridized carbons (Fsp3) is 0.214. The van der Waals surface area contributed by atoms with Crippen molar-refractivity contribution in [2.24, 2.45) is 0 Å². The lowest BCUT2D eigenvalue weighted by Gasteiger charge is -2.22. The predicted molar refractivity (Wildman–Crippen MR) is 140 cm³/mol. The van der Waals surface area contributed by atoms with Crippen molar-refractivity contribution < 1.29 is 24.0 Å². The molecule has 4 rings (SSSR count). The van der Waals surface area contributed by atoms with Gasteiger partial charge in [-0.25, -0.2) is 10.3 Å². The smallest absolute Gasteiger partial charge is 0.407 e. The summed E-state index contributed by atoms with van der Waals surface area (Å²) in [6.07, 6.45) is 8.44. The van der Waals surface area contributed by atoms with Crippen LogP contribution < -0.4 is 10.8 Å². The molecule has 192 valence electrons. The minimum atomic E-state index is -0.582. The van der Waals surface area contributed by atoms with Gasteiger partial charge in [-0.3, -0.25) is 14.9 Å². The Morgan fingerprint density at radius 1 is 1.05 bits per heavy atom. The number of aromatic nitrogens is 1. The first kappa shape index (κ1) is 25.7. The minimum absolute atomic E-state index is 0.252. The van der Waals surface area contributed by atoms with Gasteiger partial charge in [0.1, 0.15) is 6.61 Å². The van der Waals surface area contributed by atoms with E-state index in [9.17, 15) is 9.59 Å². The molecule has 0 spiro atoms. The number of benzene rings is 2. The number of alkyl carbamates (subject to hydrolysis) is 1. The Morgan fingerprint density at radius 3 is 2.68 bits per heavy atom. The zero-order chi connectivity index (χ0) is 25.9. The van der Waals surface area contributed by atoms with Crippen LogP contribution in [0.3, 0.4) is 0 Å². The number of nitrogens with one attached hydrogen (secondary N) is 3. The van der Waals surface area contributed by atoms with Gasteiger partial charge >= 0.3 is 6.09 Å². The van der Waals surface area contributed by atoms with Crippen molar-refractivity contribution in [3.05, 3.63) is 102 Å². The van der Waals surface area contributed by atoms with E-state index < -0.39 is 12.0 Å². The van der Waals surface area contributed by atoms with Crippen LogP contribution in [0.25, 0.3) is 17.0 Å². The van der Waals surface area contributed by atoms with Crippen molar-refractivity contribution in [3.63, 3.8) is 0 Å². The molecule has 4 aromatic rings. The fourth-order valence-corrected chi connectivity index (χ4v) is 3.97. The Bertz CT molecular complexity index is 1310. The maximum atomic E-state index is 12.1. The van der Waals surface area contributed by atoms with Gasteiger partial charge < -0.3 is 19.5 Å². The molecule has 0 aliphatic carbocycles. The summed E-state index contributed by atoms with van der Waals surface area (Å²) in [5, 5.41) is 12.5. The summed E-state index contributed by atoms with van der Waals surface area (Å²) in [4.78, 5) is 28.9. The Morgan fingerprint density at radius 2 is 1.89 bits per heavy atom. The van der Waals surface area contributed by atoms with Crippen molar-refractivity contribution in [1.82, 2.24) is 20.7 Å². The molecule has 0 bridgehead atoms. The first-order valence-electron chi connectivity index (χ1n) is 12.0. The molecule has 9 nitrogen and oxygen atoms in total. The molecule has 2 aromatic carbocycles. The maximum absolute atomic E-state index is 12.1. The van der Waals surface area contributed by atoms with Gasteiger partial charge in [-0.1, -0.05) is 42.5 Å². The lowest BCUT2D eigenvalue weighted by Crippen LogP contribution is -2.32. The molecule has 4 N–H and O–H groups in total. The molecule has 37 heavy (non-hydrogen) atoms. The van der Waals surface area contributed by atoms with E-state index in [2.05, 4.69) is 27.3 Å². The lowest BCUT2D eigenvalue weighted by molar-refractivity contribution is -0.124. The Hall–Kier alpha value is -4.34. The highest BCUT2D eigenvalue weighted by Crippen LogP contribution is 2.19. The van der Waals surface area contributed by atoms with E-state index in [-0.39, 0.29) is 6.61 Å². The number of fused-ring (bicyclic) bond motifs is 1. The summed E-state index contributed by atoms with van der Waals surface area (Å²) < 4.78 is 10.4. The molecule has 0 radical (unpaired) electrons. The number of ether oxygens (including phenoxy) is 1. The van der Waals surface area contributed by atoms with Crippen LogP contribution in [0, 0.1) is 0 Å². The van der Waals surface area contributed by atoms with E-state index in [1.54, 1.807) is 30.1 Å². The van der Waals surface area contributed by atoms with Gasteiger partial charge in [0.25, 0.3) is 5.91 Å². The van der Waals surface area contributed by atoms with Crippen molar-refractivity contribution in [2.45, 2.75) is 19.5 Å². The van der Waals surface area contributed by atoms with Crippen LogP contribution in [0.1, 0.15) is 22.3 Å². The van der Waals surface area contributed by atoms with Gasteiger partial charge in [-0.2, -0.15) is 0 Å². The average Bonchev–Trinajstić information content (AvgIpc) is 3.60. The minimum Gasteiger partial charge on any atom is -0.472 e. The number of furan rings is 1. The van der Waals surface area contributed by atoms with E-state index in [1.165, 1.54) is 17.0 Å². The number of amides is 2. The van der Waals surface area contributed by atoms with E-state index in [1.807, 2.05) is 42.6 Å². The molecule has 9 heteroatoms. The van der Waals surface area contributed by atoms with E-state index in [4.69, 9.17) is 14.4 Å². The highest BCUT2D eigenvalue weighted by atomic mass is 16.5. The van der Waals surface area contributed by atoms with Crippen LogP contribution in [0.2, 0.25) is 0 Å². The number of H-pyrrole nitrogens is 1. The second-order valence-corrected chi connectivity index (χ2v) is 8.56. The highest BCUT2D eigenvalue weighted by molar-refractivity contribution is 5.90. The van der Waals surface area contributed by atoms with Gasteiger partial charge in [0.05, 0.1) is 12.5 Å². The van der Waals surface area contributed by atoms with Crippen molar-refractivity contribution in [3.8, 4) is 0 Å². The van der Waals surface area contributed by atoms with Crippen molar-refractivity contribution in [2.75, 3.05) is 19.7 Å². The fourth-order valence-electron chi connectivity index (χ4n) is 3.97. The molecule has 0 atom stereocenters. The van der Waals surface area contributed by atoms with Crippen LogP contribution in [-0.4, -0.2) is 46.8 Å². The molecule has 2 aromatic heterocycles. The second kappa shape index (κ2) is 13.1. The summed E-state index contributed by atoms with van der Waals surface area (Å²) in [6, 6.07) is 17.8. The van der Waals surface area contributed by atoms with Crippen LogP contribution in [-0.2, 0) is 29.0 Å². The molecular formula is C28H30N4O5. The number of hydrogen-bond donors (Lipinski definition) is 4. The summed E-state index contributed by atoms with van der Waals surface area (Å²) in [6.45, 7) is 2.62. The Kier molecular flexibility index (Phi) is 9.12. The zero-order valence-corrected chi connectivity index (χ0v) is 20.4. The summed E-state index contributed by atoms with van der Waals surface area (Å²) in [7, 11) is 0. The van der Waals surface area contributed by atoms with E-state index in [0.717, 1.165) is 35.2 Å². The second-order valence-electron chi connectivity index (χ2n) is 8.56. The van der Waals surface area contributed by atoms with Crippen LogP contribution in [0.5, 0.6) is 0 Å². The summed E-state index contributed by atoms with van der Waals surface area (Å²) >= 11 is 0. The number of nitrogens with zero attached hydrogens (tertiary/aromatic N) is 1. The third-order valence-electron chi connectivity index (χ3n) is 5.95. The van der Waals surface area contributed by atoms with Gasteiger partial charge in [-0.05, 0) is 41.3 Å². The standard InChI is InChI=1S/C28H30N4O5/c33-27(31-35)10-9-21-5-7-22(8-6-21)19-32(13-11-24-18-29-26-4-2-1-3-25(24)26)14-16-37-28(34)30-17-23-12-15-36-20-23/h1-10,12,15,18,20,29,35H,11,13-14,16-17,19H2,(H,30,34)(H,31,33)/b10-9+. The summed E-state index contributed by atoms with van der Waals surface area (Å²) in [5.41, 5.74) is 6.72. The molecule has 2 amide bonds. The largest absolute Gasteiger partial charge is 0.472 e. The molecule has 2 heterocycles. The third-order valence-corrected chi connectivity index (χ3v) is 5.95. The zero-order valence-electron chi connectivity index (χ0n) is 20.4. The molecule has 0 saturated carbocycles. The molecule has 0 fully saturated rings. The SMILES string of the molecule is O=C(/C=C/c1ccc(CN(CCOC(=O)NCc2ccoc2)CCc2c[nH]c3ccccc23)cc1)NO. The van der Waals surface area contributed by atoms with E-state index in [0.29, 0.717) is 19.6 Å². The lowest BCUT2D eigenvalue weighted by atomic mass is 10.1. The number of hydrogen-bond acceptors (Lipinski definition) is 6. The van der Waals surface area contributed by atoms with Crippen LogP contribution in [0.4, 0.5) is 4.79 Å².